The molecule has 0 bridgehead atoms. The molecule has 3 aromatic rings. The first-order valence-electron chi connectivity index (χ1n) is 7.99. The fraction of sp³-hybridized carbons (Fsp3) is 0.316. The molecule has 0 aliphatic carbocycles. The van der Waals surface area contributed by atoms with Crippen LogP contribution in [0.2, 0.25) is 5.02 Å². The van der Waals surface area contributed by atoms with Crippen LogP contribution in [0.4, 0.5) is 0 Å². The summed E-state index contributed by atoms with van der Waals surface area (Å²) < 4.78 is 7.73. The van der Waals surface area contributed by atoms with Crippen LogP contribution in [0.3, 0.4) is 0 Å². The van der Waals surface area contributed by atoms with Crippen LogP contribution in [0, 0.1) is 6.92 Å². The van der Waals surface area contributed by atoms with E-state index < -0.39 is 0 Å². The predicted molar refractivity (Wildman–Crippen MR) is 96.0 cm³/mol. The summed E-state index contributed by atoms with van der Waals surface area (Å²) in [6, 6.07) is 14.4. The molecule has 23 heavy (non-hydrogen) atoms. The zero-order valence-corrected chi connectivity index (χ0v) is 14.3. The maximum Gasteiger partial charge on any atom is 0.141 e. The Bertz CT molecular complexity index is 793. The van der Waals surface area contributed by atoms with Gasteiger partial charge < -0.3 is 9.30 Å². The molecule has 4 heteroatoms. The average Bonchev–Trinajstić information content (AvgIpc) is 2.90. The summed E-state index contributed by atoms with van der Waals surface area (Å²) in [6.07, 6.45) is 0.959. The van der Waals surface area contributed by atoms with Gasteiger partial charge in [0.25, 0.3) is 0 Å². The number of imidazole rings is 1. The Labute approximate surface area is 141 Å². The van der Waals surface area contributed by atoms with Gasteiger partial charge in [-0.05, 0) is 38.5 Å². The van der Waals surface area contributed by atoms with Gasteiger partial charge in [0.2, 0.25) is 0 Å². The number of hydrogen-bond donors (Lipinski definition) is 0. The van der Waals surface area contributed by atoms with Crippen molar-refractivity contribution in [1.82, 2.24) is 9.55 Å². The number of ether oxygens (including phenoxy) is 1. The largest absolute Gasteiger partial charge is 0.382 e. The standard InChI is InChI=1S/C19H21ClN2O/c1-3-23-12-4-11-22-18-10-9-16(20)13-17(18)21-19(22)15-7-5-14(2)6-8-15/h5-10,13H,3-4,11-12H2,1-2H3. The lowest BCUT2D eigenvalue weighted by Crippen LogP contribution is -2.04. The Morgan fingerprint density at radius 1 is 1.13 bits per heavy atom. The lowest BCUT2D eigenvalue weighted by molar-refractivity contribution is 0.142. The van der Waals surface area contributed by atoms with Crippen LogP contribution in [-0.4, -0.2) is 22.8 Å². The molecule has 0 spiro atoms. The maximum atomic E-state index is 6.12. The molecule has 0 aliphatic heterocycles. The smallest absolute Gasteiger partial charge is 0.141 e. The van der Waals surface area contributed by atoms with E-state index in [0.29, 0.717) is 5.02 Å². The van der Waals surface area contributed by atoms with Crippen molar-refractivity contribution in [2.75, 3.05) is 13.2 Å². The molecule has 0 N–H and O–H groups in total. The maximum absolute atomic E-state index is 6.12. The molecule has 0 saturated carbocycles. The van der Waals surface area contributed by atoms with Crippen molar-refractivity contribution >= 4 is 22.6 Å². The monoisotopic (exact) mass is 328 g/mol. The lowest BCUT2D eigenvalue weighted by Gasteiger charge is -2.10. The second-order valence-corrected chi connectivity index (χ2v) is 6.07. The van der Waals surface area contributed by atoms with Crippen LogP contribution in [0.5, 0.6) is 0 Å². The first-order chi connectivity index (χ1) is 11.2. The molecule has 3 rings (SSSR count). The Kier molecular flexibility index (Phi) is 4.99. The van der Waals surface area contributed by atoms with Gasteiger partial charge in [-0.1, -0.05) is 41.4 Å². The van der Waals surface area contributed by atoms with Crippen molar-refractivity contribution in [3.63, 3.8) is 0 Å². The van der Waals surface area contributed by atoms with E-state index in [4.69, 9.17) is 21.3 Å². The van der Waals surface area contributed by atoms with Gasteiger partial charge in [-0.25, -0.2) is 4.98 Å². The highest BCUT2D eigenvalue weighted by Gasteiger charge is 2.12. The third-order valence-corrected chi connectivity index (χ3v) is 4.13. The second kappa shape index (κ2) is 7.16. The third kappa shape index (κ3) is 3.57. The van der Waals surface area contributed by atoms with Crippen molar-refractivity contribution in [1.29, 1.82) is 0 Å². The first-order valence-corrected chi connectivity index (χ1v) is 8.37. The van der Waals surface area contributed by atoms with Gasteiger partial charge in [0.05, 0.1) is 11.0 Å². The van der Waals surface area contributed by atoms with E-state index >= 15 is 0 Å². The molecule has 1 heterocycles. The minimum absolute atomic E-state index is 0.715. The van der Waals surface area contributed by atoms with Gasteiger partial charge in [-0.3, -0.25) is 0 Å². The number of hydrogen-bond acceptors (Lipinski definition) is 2. The van der Waals surface area contributed by atoms with E-state index in [2.05, 4.69) is 35.8 Å². The number of aryl methyl sites for hydroxylation is 2. The van der Waals surface area contributed by atoms with E-state index in [1.807, 2.05) is 25.1 Å². The highest BCUT2D eigenvalue weighted by Crippen LogP contribution is 2.27. The molecule has 0 amide bonds. The van der Waals surface area contributed by atoms with Crippen LogP contribution in [0.1, 0.15) is 18.9 Å². The first kappa shape index (κ1) is 16.0. The highest BCUT2D eigenvalue weighted by molar-refractivity contribution is 6.31. The summed E-state index contributed by atoms with van der Waals surface area (Å²) in [5.74, 6) is 0.985. The van der Waals surface area contributed by atoms with Gasteiger partial charge in [0, 0.05) is 30.3 Å². The van der Waals surface area contributed by atoms with Crippen molar-refractivity contribution in [2.24, 2.45) is 0 Å². The Morgan fingerprint density at radius 3 is 2.65 bits per heavy atom. The van der Waals surface area contributed by atoms with E-state index in [0.717, 1.165) is 48.6 Å². The quantitative estimate of drug-likeness (QED) is 0.589. The lowest BCUT2D eigenvalue weighted by atomic mass is 10.1. The normalized spacial score (nSPS) is 11.3. The summed E-state index contributed by atoms with van der Waals surface area (Å²) >= 11 is 6.12. The molecule has 2 aromatic carbocycles. The summed E-state index contributed by atoms with van der Waals surface area (Å²) in [6.45, 7) is 6.50. The number of aromatic nitrogens is 2. The van der Waals surface area contributed by atoms with Crippen LogP contribution in [0.25, 0.3) is 22.4 Å². The molecule has 0 saturated heterocycles. The molecule has 0 radical (unpaired) electrons. The zero-order valence-electron chi connectivity index (χ0n) is 13.6. The van der Waals surface area contributed by atoms with Crippen LogP contribution in [0.15, 0.2) is 42.5 Å². The van der Waals surface area contributed by atoms with E-state index in [1.165, 1.54) is 5.56 Å². The molecule has 0 atom stereocenters. The summed E-state index contributed by atoms with van der Waals surface area (Å²) in [5.41, 5.74) is 4.42. The fourth-order valence-electron chi connectivity index (χ4n) is 2.72. The van der Waals surface area contributed by atoms with Gasteiger partial charge in [-0.15, -0.1) is 0 Å². The van der Waals surface area contributed by atoms with Crippen molar-refractivity contribution < 1.29 is 4.74 Å². The average molecular weight is 329 g/mol. The van der Waals surface area contributed by atoms with Crippen LogP contribution >= 0.6 is 11.6 Å². The number of rotatable bonds is 6. The Balaban J connectivity index is 2.02. The van der Waals surface area contributed by atoms with E-state index in [-0.39, 0.29) is 0 Å². The summed E-state index contributed by atoms with van der Waals surface area (Å²) in [4.78, 5) is 4.81. The van der Waals surface area contributed by atoms with Crippen molar-refractivity contribution in [3.05, 3.63) is 53.1 Å². The Hall–Kier alpha value is -1.84. The highest BCUT2D eigenvalue weighted by atomic mass is 35.5. The van der Waals surface area contributed by atoms with Crippen molar-refractivity contribution in [3.8, 4) is 11.4 Å². The number of benzene rings is 2. The number of nitrogens with zero attached hydrogens (tertiary/aromatic N) is 2. The fourth-order valence-corrected chi connectivity index (χ4v) is 2.89. The predicted octanol–water partition coefficient (Wildman–Crippen LogP) is 5.09. The van der Waals surface area contributed by atoms with Crippen molar-refractivity contribution in [2.45, 2.75) is 26.8 Å². The molecule has 120 valence electrons. The van der Waals surface area contributed by atoms with E-state index in [9.17, 15) is 0 Å². The molecule has 3 nitrogen and oxygen atoms in total. The van der Waals surface area contributed by atoms with Gasteiger partial charge in [0.1, 0.15) is 5.82 Å². The molecular formula is C19H21ClN2O. The number of halogens is 1. The summed E-state index contributed by atoms with van der Waals surface area (Å²) in [5, 5.41) is 0.715. The topological polar surface area (TPSA) is 27.1 Å². The molecular weight excluding hydrogens is 308 g/mol. The van der Waals surface area contributed by atoms with E-state index in [1.54, 1.807) is 0 Å². The SMILES string of the molecule is CCOCCCn1c(-c2ccc(C)cc2)nc2cc(Cl)ccc21. The van der Waals surface area contributed by atoms with Crippen LogP contribution in [-0.2, 0) is 11.3 Å². The second-order valence-electron chi connectivity index (χ2n) is 5.64. The van der Waals surface area contributed by atoms with Crippen LogP contribution < -0.4 is 0 Å². The number of fused-ring (bicyclic) bond motifs is 1. The molecule has 1 aromatic heterocycles. The molecule has 0 aliphatic rings. The van der Waals surface area contributed by atoms with Gasteiger partial charge >= 0.3 is 0 Å². The minimum Gasteiger partial charge on any atom is -0.382 e. The summed E-state index contributed by atoms with van der Waals surface area (Å²) in [7, 11) is 0. The molecule has 0 fully saturated rings. The Morgan fingerprint density at radius 2 is 1.91 bits per heavy atom. The van der Waals surface area contributed by atoms with Gasteiger partial charge in [-0.2, -0.15) is 0 Å². The van der Waals surface area contributed by atoms with Gasteiger partial charge in [0.15, 0.2) is 0 Å². The third-order valence-electron chi connectivity index (χ3n) is 3.89. The molecule has 0 unspecified atom stereocenters. The minimum atomic E-state index is 0.715. The zero-order chi connectivity index (χ0) is 16.2.